The Hall–Kier alpha value is -1.26. The zero-order chi connectivity index (χ0) is 11.9. The van der Waals surface area contributed by atoms with E-state index in [-0.39, 0.29) is 0 Å². The van der Waals surface area contributed by atoms with Gasteiger partial charge in [-0.2, -0.15) is 0 Å². The van der Waals surface area contributed by atoms with Crippen molar-refractivity contribution in [3.8, 4) is 5.75 Å². The highest BCUT2D eigenvalue weighted by atomic mass is 79.9. The van der Waals surface area contributed by atoms with Gasteiger partial charge in [0.15, 0.2) is 0 Å². The zero-order valence-electron chi connectivity index (χ0n) is 9.36. The fraction of sp³-hybridized carbons (Fsp3) is 0.231. The fourth-order valence-corrected chi connectivity index (χ4v) is 1.80. The Morgan fingerprint density at radius 3 is 2.94 bits per heavy atom. The Morgan fingerprint density at radius 2 is 2.18 bits per heavy atom. The lowest BCUT2D eigenvalue weighted by molar-refractivity contribution is 0.311. The quantitative estimate of drug-likeness (QED) is 0.831. The van der Waals surface area contributed by atoms with E-state index in [4.69, 9.17) is 9.15 Å². The van der Waals surface area contributed by atoms with Crippen molar-refractivity contribution in [2.24, 2.45) is 0 Å². The standard InChI is InChI=1S/C13H14BrNO2/c14-11-3-1-4-12(9-11)17-8-6-15-10-13-5-2-7-16-13/h1-5,7,9,15H,6,8,10H2. The molecule has 17 heavy (non-hydrogen) atoms. The van der Waals surface area contributed by atoms with Gasteiger partial charge in [-0.3, -0.25) is 0 Å². The van der Waals surface area contributed by atoms with Crippen molar-refractivity contribution in [1.82, 2.24) is 5.32 Å². The van der Waals surface area contributed by atoms with Crippen LogP contribution in [-0.2, 0) is 6.54 Å². The van der Waals surface area contributed by atoms with Crippen LogP contribution in [0.1, 0.15) is 5.76 Å². The Bertz CT molecular complexity index is 442. The molecule has 0 unspecified atom stereocenters. The second-order valence-electron chi connectivity index (χ2n) is 3.56. The van der Waals surface area contributed by atoms with E-state index in [9.17, 15) is 0 Å². The molecule has 0 radical (unpaired) electrons. The molecule has 90 valence electrons. The van der Waals surface area contributed by atoms with Gasteiger partial charge in [0, 0.05) is 11.0 Å². The van der Waals surface area contributed by atoms with Crippen molar-refractivity contribution in [2.45, 2.75) is 6.54 Å². The van der Waals surface area contributed by atoms with Gasteiger partial charge in [-0.05, 0) is 30.3 Å². The van der Waals surface area contributed by atoms with Crippen molar-refractivity contribution in [3.05, 3.63) is 52.9 Å². The lowest BCUT2D eigenvalue weighted by Crippen LogP contribution is -2.20. The maximum atomic E-state index is 5.58. The van der Waals surface area contributed by atoms with Gasteiger partial charge in [0.05, 0.1) is 12.8 Å². The third-order valence-corrected chi connectivity index (χ3v) is 2.72. The Labute approximate surface area is 109 Å². The van der Waals surface area contributed by atoms with E-state index in [1.165, 1.54) is 0 Å². The van der Waals surface area contributed by atoms with Gasteiger partial charge in [-0.1, -0.05) is 22.0 Å². The molecular weight excluding hydrogens is 282 g/mol. The fourth-order valence-electron chi connectivity index (χ4n) is 1.42. The molecule has 1 N–H and O–H groups in total. The van der Waals surface area contributed by atoms with Gasteiger partial charge in [-0.15, -0.1) is 0 Å². The highest BCUT2D eigenvalue weighted by Crippen LogP contribution is 2.17. The summed E-state index contributed by atoms with van der Waals surface area (Å²) in [5.41, 5.74) is 0. The van der Waals surface area contributed by atoms with Crippen LogP contribution in [0.4, 0.5) is 0 Å². The van der Waals surface area contributed by atoms with E-state index in [0.717, 1.165) is 29.1 Å². The number of rotatable bonds is 6. The Morgan fingerprint density at radius 1 is 1.24 bits per heavy atom. The number of benzene rings is 1. The van der Waals surface area contributed by atoms with Crippen LogP contribution in [0.15, 0.2) is 51.6 Å². The largest absolute Gasteiger partial charge is 0.492 e. The Kier molecular flexibility index (Phi) is 4.64. The summed E-state index contributed by atoms with van der Waals surface area (Å²) in [6.45, 7) is 2.15. The first-order valence-electron chi connectivity index (χ1n) is 5.46. The molecular formula is C13H14BrNO2. The lowest BCUT2D eigenvalue weighted by atomic mass is 10.3. The smallest absolute Gasteiger partial charge is 0.120 e. The average molecular weight is 296 g/mol. The topological polar surface area (TPSA) is 34.4 Å². The van der Waals surface area contributed by atoms with Crippen LogP contribution < -0.4 is 10.1 Å². The molecule has 0 saturated heterocycles. The first kappa shape index (κ1) is 12.2. The van der Waals surface area contributed by atoms with Gasteiger partial charge < -0.3 is 14.5 Å². The van der Waals surface area contributed by atoms with E-state index >= 15 is 0 Å². The van der Waals surface area contributed by atoms with E-state index in [0.29, 0.717) is 6.61 Å². The van der Waals surface area contributed by atoms with E-state index in [1.54, 1.807) is 6.26 Å². The second kappa shape index (κ2) is 6.47. The summed E-state index contributed by atoms with van der Waals surface area (Å²) in [7, 11) is 0. The molecule has 0 saturated carbocycles. The monoisotopic (exact) mass is 295 g/mol. The summed E-state index contributed by atoms with van der Waals surface area (Å²) in [6.07, 6.45) is 1.68. The predicted molar refractivity (Wildman–Crippen MR) is 70.1 cm³/mol. The SMILES string of the molecule is Brc1cccc(OCCNCc2ccco2)c1. The molecule has 0 fully saturated rings. The minimum absolute atomic E-state index is 0.636. The van der Waals surface area contributed by atoms with E-state index in [2.05, 4.69) is 21.2 Å². The van der Waals surface area contributed by atoms with Gasteiger partial charge >= 0.3 is 0 Å². The average Bonchev–Trinajstić information content (AvgIpc) is 2.82. The van der Waals surface area contributed by atoms with Crippen LogP contribution in [0.3, 0.4) is 0 Å². The van der Waals surface area contributed by atoms with E-state index < -0.39 is 0 Å². The number of halogens is 1. The molecule has 4 heteroatoms. The third-order valence-electron chi connectivity index (χ3n) is 2.22. The van der Waals surface area contributed by atoms with Crippen LogP contribution in [0.2, 0.25) is 0 Å². The van der Waals surface area contributed by atoms with Gasteiger partial charge in [0.1, 0.15) is 18.1 Å². The summed E-state index contributed by atoms with van der Waals surface area (Å²) in [4.78, 5) is 0. The summed E-state index contributed by atoms with van der Waals surface area (Å²) in [5.74, 6) is 1.81. The molecule has 1 aromatic heterocycles. The second-order valence-corrected chi connectivity index (χ2v) is 4.48. The third kappa shape index (κ3) is 4.24. The highest BCUT2D eigenvalue weighted by Gasteiger charge is 1.96. The molecule has 0 aliphatic heterocycles. The molecule has 0 aliphatic rings. The van der Waals surface area contributed by atoms with Gasteiger partial charge in [0.25, 0.3) is 0 Å². The highest BCUT2D eigenvalue weighted by molar-refractivity contribution is 9.10. The summed E-state index contributed by atoms with van der Waals surface area (Å²) < 4.78 is 11.8. The van der Waals surface area contributed by atoms with Crippen molar-refractivity contribution in [2.75, 3.05) is 13.2 Å². The van der Waals surface area contributed by atoms with Gasteiger partial charge in [0.2, 0.25) is 0 Å². The zero-order valence-corrected chi connectivity index (χ0v) is 10.9. The molecule has 0 aliphatic carbocycles. The molecule has 1 heterocycles. The van der Waals surface area contributed by atoms with Crippen LogP contribution in [0.5, 0.6) is 5.75 Å². The number of nitrogens with one attached hydrogen (secondary N) is 1. The molecule has 0 spiro atoms. The number of furan rings is 1. The molecule has 0 atom stereocenters. The minimum atomic E-state index is 0.636. The molecule has 1 aromatic carbocycles. The normalized spacial score (nSPS) is 10.4. The van der Waals surface area contributed by atoms with Crippen LogP contribution >= 0.6 is 15.9 Å². The lowest BCUT2D eigenvalue weighted by Gasteiger charge is -2.06. The van der Waals surface area contributed by atoms with Crippen molar-refractivity contribution < 1.29 is 9.15 Å². The first-order chi connectivity index (χ1) is 8.34. The minimum Gasteiger partial charge on any atom is -0.492 e. The molecule has 2 aromatic rings. The number of hydrogen-bond donors (Lipinski definition) is 1. The van der Waals surface area contributed by atoms with Crippen molar-refractivity contribution in [3.63, 3.8) is 0 Å². The van der Waals surface area contributed by atoms with Crippen molar-refractivity contribution in [1.29, 1.82) is 0 Å². The first-order valence-corrected chi connectivity index (χ1v) is 6.25. The number of ether oxygens (including phenoxy) is 1. The number of hydrogen-bond acceptors (Lipinski definition) is 3. The van der Waals surface area contributed by atoms with E-state index in [1.807, 2.05) is 36.4 Å². The van der Waals surface area contributed by atoms with Crippen molar-refractivity contribution >= 4 is 15.9 Å². The molecule has 0 amide bonds. The summed E-state index contributed by atoms with van der Waals surface area (Å²) in [5, 5.41) is 3.24. The van der Waals surface area contributed by atoms with Crippen LogP contribution in [0, 0.1) is 0 Å². The predicted octanol–water partition coefficient (Wildman–Crippen LogP) is 3.21. The molecule has 3 nitrogen and oxygen atoms in total. The maximum Gasteiger partial charge on any atom is 0.120 e. The molecule has 2 rings (SSSR count). The van der Waals surface area contributed by atoms with Gasteiger partial charge in [-0.25, -0.2) is 0 Å². The molecule has 0 bridgehead atoms. The Balaban J connectivity index is 1.63. The summed E-state index contributed by atoms with van der Waals surface area (Å²) in [6, 6.07) is 11.7. The van der Waals surface area contributed by atoms with Crippen LogP contribution in [-0.4, -0.2) is 13.2 Å². The summed E-state index contributed by atoms with van der Waals surface area (Å²) >= 11 is 3.40. The van der Waals surface area contributed by atoms with Crippen LogP contribution in [0.25, 0.3) is 0 Å². The maximum absolute atomic E-state index is 5.58.